The normalized spacial score (nSPS) is 17.3. The lowest BCUT2D eigenvalue weighted by molar-refractivity contribution is -0.147. The highest BCUT2D eigenvalue weighted by Gasteiger charge is 2.62. The number of carbonyl (C=O) groups excluding carboxylic acids is 5. The van der Waals surface area contributed by atoms with Crippen LogP contribution in [0.2, 0.25) is 0 Å². The molecule has 1 saturated heterocycles. The van der Waals surface area contributed by atoms with E-state index in [4.69, 9.17) is 14.2 Å². The number of nitrogens with one attached hydrogen (secondary N) is 2. The van der Waals surface area contributed by atoms with Crippen LogP contribution in [0.25, 0.3) is 0 Å². The SMILES string of the molecule is CCOC(=O)[C@@H]1[C@@H](C(=O)OCC)N1C(=O)[C@H](Cc1ccccc1)NC(=O)[C@H](C)NC(=O)OCc1ccccc1. The second kappa shape index (κ2) is 13.9. The zero-order valence-corrected chi connectivity index (χ0v) is 22.1. The summed E-state index contributed by atoms with van der Waals surface area (Å²) in [5.74, 6) is -2.76. The molecule has 0 radical (unpaired) electrons. The number of ether oxygens (including phenoxy) is 3. The minimum absolute atomic E-state index is 0.0234. The van der Waals surface area contributed by atoms with Gasteiger partial charge in [-0.1, -0.05) is 60.7 Å². The van der Waals surface area contributed by atoms with Crippen molar-refractivity contribution >= 4 is 29.8 Å². The van der Waals surface area contributed by atoms with Gasteiger partial charge in [0.05, 0.1) is 13.2 Å². The summed E-state index contributed by atoms with van der Waals surface area (Å²) in [5.41, 5.74) is 1.52. The molecule has 0 aromatic heterocycles. The Bertz CT molecular complexity index is 1130. The van der Waals surface area contributed by atoms with Gasteiger partial charge in [0, 0.05) is 6.42 Å². The van der Waals surface area contributed by atoms with Crippen LogP contribution in [0.4, 0.5) is 4.79 Å². The molecule has 0 unspecified atom stereocenters. The largest absolute Gasteiger partial charge is 0.464 e. The summed E-state index contributed by atoms with van der Waals surface area (Å²) in [6, 6.07) is 13.5. The van der Waals surface area contributed by atoms with Crippen molar-refractivity contribution in [3.63, 3.8) is 0 Å². The number of amides is 3. The molecule has 3 rings (SSSR count). The van der Waals surface area contributed by atoms with Crippen molar-refractivity contribution in [3.8, 4) is 0 Å². The molecule has 1 aliphatic heterocycles. The average Bonchev–Trinajstić information content (AvgIpc) is 3.69. The lowest BCUT2D eigenvalue weighted by Gasteiger charge is -2.22. The van der Waals surface area contributed by atoms with Gasteiger partial charge in [0.2, 0.25) is 11.8 Å². The molecule has 0 aliphatic carbocycles. The van der Waals surface area contributed by atoms with Crippen LogP contribution in [0.1, 0.15) is 31.9 Å². The number of benzene rings is 2. The van der Waals surface area contributed by atoms with E-state index in [9.17, 15) is 24.0 Å². The lowest BCUT2D eigenvalue weighted by Crippen LogP contribution is -2.52. The van der Waals surface area contributed by atoms with E-state index in [2.05, 4.69) is 10.6 Å². The van der Waals surface area contributed by atoms with Gasteiger partial charge in [-0.05, 0) is 31.9 Å². The Balaban J connectivity index is 1.70. The predicted molar refractivity (Wildman–Crippen MR) is 139 cm³/mol. The van der Waals surface area contributed by atoms with Gasteiger partial charge < -0.3 is 29.7 Å². The van der Waals surface area contributed by atoms with Gasteiger partial charge in [0.25, 0.3) is 0 Å². The van der Waals surface area contributed by atoms with Crippen molar-refractivity contribution < 1.29 is 38.2 Å². The van der Waals surface area contributed by atoms with Crippen molar-refractivity contribution in [1.29, 1.82) is 0 Å². The highest BCUT2D eigenvalue weighted by Crippen LogP contribution is 2.32. The predicted octanol–water partition coefficient (Wildman–Crippen LogP) is 1.73. The molecule has 0 bridgehead atoms. The zero-order valence-electron chi connectivity index (χ0n) is 22.1. The molecule has 2 aromatic carbocycles. The van der Waals surface area contributed by atoms with Crippen molar-refractivity contribution in [1.82, 2.24) is 15.5 Å². The van der Waals surface area contributed by atoms with Gasteiger partial charge in [-0.25, -0.2) is 14.4 Å². The quantitative estimate of drug-likeness (QED) is 0.236. The summed E-state index contributed by atoms with van der Waals surface area (Å²) in [6.07, 6.45) is -0.721. The third kappa shape index (κ3) is 8.03. The number of nitrogens with zero attached hydrogens (tertiary/aromatic N) is 1. The molecule has 39 heavy (non-hydrogen) atoms. The van der Waals surface area contributed by atoms with E-state index in [1.54, 1.807) is 50.2 Å². The molecule has 11 heteroatoms. The van der Waals surface area contributed by atoms with Crippen molar-refractivity contribution in [3.05, 3.63) is 71.8 Å². The van der Waals surface area contributed by atoms with E-state index in [0.717, 1.165) is 16.0 Å². The molecule has 208 valence electrons. The molecule has 11 nitrogen and oxygen atoms in total. The van der Waals surface area contributed by atoms with Crippen LogP contribution >= 0.6 is 0 Å². The van der Waals surface area contributed by atoms with Crippen LogP contribution < -0.4 is 10.6 Å². The fourth-order valence-corrected chi connectivity index (χ4v) is 3.98. The first-order valence-corrected chi connectivity index (χ1v) is 12.7. The Morgan fingerprint density at radius 3 is 1.79 bits per heavy atom. The van der Waals surface area contributed by atoms with E-state index in [1.165, 1.54) is 6.92 Å². The summed E-state index contributed by atoms with van der Waals surface area (Å²) < 4.78 is 15.2. The van der Waals surface area contributed by atoms with E-state index in [1.807, 2.05) is 24.3 Å². The summed E-state index contributed by atoms with van der Waals surface area (Å²) in [4.78, 5) is 64.8. The van der Waals surface area contributed by atoms with E-state index in [-0.39, 0.29) is 26.2 Å². The average molecular weight is 540 g/mol. The van der Waals surface area contributed by atoms with E-state index in [0.29, 0.717) is 0 Å². The number of hydrogen-bond donors (Lipinski definition) is 2. The molecule has 1 heterocycles. The number of carbonyl (C=O) groups is 5. The molecule has 0 saturated carbocycles. The molecule has 2 aromatic rings. The standard InChI is InChI=1S/C28H33N3O8/c1-4-37-26(34)22-23(27(35)38-5-2)31(22)25(33)21(16-19-12-8-6-9-13-19)30-24(32)18(3)29-28(36)39-17-20-14-10-7-11-15-20/h6-15,18,21-23H,4-5,16-17H2,1-3H3,(H,29,36)(H,30,32)/t18-,21-,22-,23-/m0/s1. The first-order valence-electron chi connectivity index (χ1n) is 12.7. The van der Waals surface area contributed by atoms with Crippen LogP contribution in [0.3, 0.4) is 0 Å². The Labute approximate surface area is 226 Å². The topological polar surface area (TPSA) is 140 Å². The van der Waals surface area contributed by atoms with E-state index >= 15 is 0 Å². The molecule has 0 spiro atoms. The maximum absolute atomic E-state index is 13.6. The van der Waals surface area contributed by atoms with Crippen LogP contribution in [-0.2, 0) is 46.4 Å². The number of alkyl carbamates (subject to hydrolysis) is 1. The second-order valence-corrected chi connectivity index (χ2v) is 8.82. The van der Waals surface area contributed by atoms with Crippen molar-refractivity contribution in [2.75, 3.05) is 13.2 Å². The Morgan fingerprint density at radius 2 is 1.28 bits per heavy atom. The molecule has 3 amide bonds. The van der Waals surface area contributed by atoms with Gasteiger partial charge in [0.1, 0.15) is 18.7 Å². The maximum Gasteiger partial charge on any atom is 0.408 e. The minimum atomic E-state index is -1.14. The molecular weight excluding hydrogens is 506 g/mol. The Kier molecular flexibility index (Phi) is 10.4. The summed E-state index contributed by atoms with van der Waals surface area (Å²) in [7, 11) is 0. The number of esters is 2. The van der Waals surface area contributed by atoms with Gasteiger partial charge in [-0.3, -0.25) is 9.59 Å². The fourth-order valence-electron chi connectivity index (χ4n) is 3.98. The van der Waals surface area contributed by atoms with Crippen molar-refractivity contribution in [2.24, 2.45) is 0 Å². The highest BCUT2D eigenvalue weighted by atomic mass is 16.6. The van der Waals surface area contributed by atoms with Crippen LogP contribution in [0, 0.1) is 0 Å². The molecular formula is C28H33N3O8. The smallest absolute Gasteiger partial charge is 0.408 e. The number of hydrogen-bond acceptors (Lipinski definition) is 8. The van der Waals surface area contributed by atoms with Gasteiger partial charge in [-0.15, -0.1) is 0 Å². The third-order valence-electron chi connectivity index (χ3n) is 5.96. The molecule has 1 fully saturated rings. The summed E-state index contributed by atoms with van der Waals surface area (Å²) >= 11 is 0. The Morgan fingerprint density at radius 1 is 0.769 bits per heavy atom. The van der Waals surface area contributed by atoms with Gasteiger partial charge in [-0.2, -0.15) is 0 Å². The van der Waals surface area contributed by atoms with Gasteiger partial charge >= 0.3 is 18.0 Å². The molecule has 2 N–H and O–H groups in total. The first-order chi connectivity index (χ1) is 18.8. The lowest BCUT2D eigenvalue weighted by atomic mass is 10.0. The first kappa shape index (κ1) is 29.2. The zero-order chi connectivity index (χ0) is 28.4. The Hall–Kier alpha value is -4.41. The second-order valence-electron chi connectivity index (χ2n) is 8.82. The maximum atomic E-state index is 13.6. The van der Waals surface area contributed by atoms with E-state index < -0.39 is 54.0 Å². The molecule has 4 atom stereocenters. The monoisotopic (exact) mass is 539 g/mol. The molecule has 1 aliphatic rings. The van der Waals surface area contributed by atoms with Gasteiger partial charge in [0.15, 0.2) is 12.1 Å². The summed E-state index contributed by atoms with van der Waals surface area (Å²) in [6.45, 7) is 4.84. The number of rotatable bonds is 12. The van der Waals surface area contributed by atoms with Crippen LogP contribution in [-0.4, -0.2) is 72.1 Å². The fraction of sp³-hybridized carbons (Fsp3) is 0.393. The van der Waals surface area contributed by atoms with Crippen LogP contribution in [0.5, 0.6) is 0 Å². The minimum Gasteiger partial charge on any atom is -0.464 e. The third-order valence-corrected chi connectivity index (χ3v) is 5.96. The summed E-state index contributed by atoms with van der Waals surface area (Å²) in [5, 5.41) is 5.09. The van der Waals surface area contributed by atoms with Crippen molar-refractivity contribution in [2.45, 2.75) is 58.0 Å². The van der Waals surface area contributed by atoms with Crippen LogP contribution in [0.15, 0.2) is 60.7 Å². The highest BCUT2D eigenvalue weighted by molar-refractivity contribution is 6.03.